The highest BCUT2D eigenvalue weighted by molar-refractivity contribution is 8.00. The molecule has 1 amide bonds. The molecule has 124 valence electrons. The number of halogens is 3. The van der Waals surface area contributed by atoms with Crippen molar-refractivity contribution < 1.29 is 18.0 Å². The third kappa shape index (κ3) is 4.79. The average molecular weight is 338 g/mol. The van der Waals surface area contributed by atoms with Crippen molar-refractivity contribution in [1.29, 1.82) is 0 Å². The van der Waals surface area contributed by atoms with Gasteiger partial charge in [0.25, 0.3) is 0 Å². The van der Waals surface area contributed by atoms with Gasteiger partial charge in [0.05, 0.1) is 5.75 Å². The molecule has 0 aliphatic carbocycles. The summed E-state index contributed by atoms with van der Waals surface area (Å²) in [6.07, 6.45) is 3.21. The van der Waals surface area contributed by atoms with Crippen LogP contribution in [0.1, 0.15) is 25.1 Å². The summed E-state index contributed by atoms with van der Waals surface area (Å²) in [6, 6.07) is 0. The SMILES string of the molecule is O=C(CSC(F)(F)F)NCCCn1nc2n(c1=O)CCCC2. The van der Waals surface area contributed by atoms with E-state index in [1.54, 1.807) is 4.57 Å². The lowest BCUT2D eigenvalue weighted by atomic mass is 10.2. The van der Waals surface area contributed by atoms with E-state index in [0.717, 1.165) is 25.1 Å². The minimum Gasteiger partial charge on any atom is -0.355 e. The van der Waals surface area contributed by atoms with Gasteiger partial charge < -0.3 is 5.32 Å². The van der Waals surface area contributed by atoms with Gasteiger partial charge in [-0.1, -0.05) is 0 Å². The fourth-order valence-electron chi connectivity index (χ4n) is 2.25. The Balaban J connectivity index is 1.72. The number of carbonyl (C=O) groups excluding carboxylic acids is 1. The second kappa shape index (κ2) is 7.21. The van der Waals surface area contributed by atoms with Gasteiger partial charge in [0.1, 0.15) is 5.82 Å². The first-order valence-electron chi connectivity index (χ1n) is 7.01. The van der Waals surface area contributed by atoms with E-state index in [1.807, 2.05) is 0 Å². The molecule has 2 rings (SSSR count). The number of nitrogens with one attached hydrogen (secondary N) is 1. The molecule has 1 aliphatic rings. The quantitative estimate of drug-likeness (QED) is 0.790. The third-order valence-corrected chi connectivity index (χ3v) is 4.00. The maximum Gasteiger partial charge on any atom is 0.442 e. The summed E-state index contributed by atoms with van der Waals surface area (Å²) < 4.78 is 38.8. The van der Waals surface area contributed by atoms with Crippen molar-refractivity contribution in [3.05, 3.63) is 16.3 Å². The molecule has 0 saturated heterocycles. The van der Waals surface area contributed by atoms with Crippen LogP contribution in [0.15, 0.2) is 4.79 Å². The highest BCUT2D eigenvalue weighted by atomic mass is 32.2. The van der Waals surface area contributed by atoms with Crippen molar-refractivity contribution in [2.75, 3.05) is 12.3 Å². The Labute approximate surface area is 129 Å². The van der Waals surface area contributed by atoms with Crippen LogP contribution < -0.4 is 11.0 Å². The molecule has 6 nitrogen and oxygen atoms in total. The average Bonchev–Trinajstić information content (AvgIpc) is 2.78. The summed E-state index contributed by atoms with van der Waals surface area (Å²) in [5.41, 5.74) is -4.56. The molecule has 1 aliphatic heterocycles. The van der Waals surface area contributed by atoms with Gasteiger partial charge in [0.2, 0.25) is 5.91 Å². The number of amides is 1. The molecular weight excluding hydrogens is 321 g/mol. The van der Waals surface area contributed by atoms with Crippen LogP contribution in [0.25, 0.3) is 0 Å². The molecular formula is C12H17F3N4O2S. The van der Waals surface area contributed by atoms with Crippen LogP contribution in [-0.4, -0.2) is 38.1 Å². The van der Waals surface area contributed by atoms with Crippen LogP contribution in [0.2, 0.25) is 0 Å². The summed E-state index contributed by atoms with van der Waals surface area (Å²) in [5, 5.41) is 6.63. The van der Waals surface area contributed by atoms with Gasteiger partial charge in [-0.25, -0.2) is 9.48 Å². The predicted molar refractivity (Wildman–Crippen MR) is 75.6 cm³/mol. The number of nitrogens with zero attached hydrogens (tertiary/aromatic N) is 3. The van der Waals surface area contributed by atoms with E-state index < -0.39 is 17.2 Å². The highest BCUT2D eigenvalue weighted by Gasteiger charge is 2.29. The van der Waals surface area contributed by atoms with E-state index in [2.05, 4.69) is 10.4 Å². The molecule has 1 N–H and O–H groups in total. The van der Waals surface area contributed by atoms with Gasteiger partial charge in [-0.15, -0.1) is 0 Å². The van der Waals surface area contributed by atoms with Crippen molar-refractivity contribution in [3.8, 4) is 0 Å². The first-order chi connectivity index (χ1) is 10.4. The molecule has 0 radical (unpaired) electrons. The fourth-order valence-corrected chi connectivity index (χ4v) is 2.65. The van der Waals surface area contributed by atoms with Crippen LogP contribution >= 0.6 is 11.8 Å². The number of fused-ring (bicyclic) bond motifs is 1. The Kier molecular flexibility index (Phi) is 5.54. The van der Waals surface area contributed by atoms with E-state index in [-0.39, 0.29) is 24.0 Å². The molecule has 0 spiro atoms. The number of hydrogen-bond acceptors (Lipinski definition) is 4. The molecule has 22 heavy (non-hydrogen) atoms. The number of rotatable bonds is 6. The number of hydrogen-bond donors (Lipinski definition) is 1. The molecule has 0 unspecified atom stereocenters. The van der Waals surface area contributed by atoms with E-state index >= 15 is 0 Å². The normalized spacial score (nSPS) is 14.7. The smallest absolute Gasteiger partial charge is 0.355 e. The van der Waals surface area contributed by atoms with E-state index in [9.17, 15) is 22.8 Å². The Morgan fingerprint density at radius 2 is 2.14 bits per heavy atom. The highest BCUT2D eigenvalue weighted by Crippen LogP contribution is 2.29. The minimum atomic E-state index is -4.40. The summed E-state index contributed by atoms with van der Waals surface area (Å²) >= 11 is -0.366. The van der Waals surface area contributed by atoms with Crippen molar-refractivity contribution >= 4 is 17.7 Å². The van der Waals surface area contributed by atoms with Gasteiger partial charge in [-0.3, -0.25) is 9.36 Å². The van der Waals surface area contributed by atoms with Crippen molar-refractivity contribution in [2.24, 2.45) is 0 Å². The largest absolute Gasteiger partial charge is 0.442 e. The van der Waals surface area contributed by atoms with E-state index in [0.29, 0.717) is 19.5 Å². The second-order valence-corrected chi connectivity index (χ2v) is 6.01. The van der Waals surface area contributed by atoms with Gasteiger partial charge in [0.15, 0.2) is 0 Å². The molecule has 0 saturated carbocycles. The summed E-state index contributed by atoms with van der Waals surface area (Å²) in [7, 11) is 0. The van der Waals surface area contributed by atoms with Gasteiger partial charge in [-0.05, 0) is 31.0 Å². The standard InChI is InChI=1S/C12H17F3N4O2S/c13-12(14,15)22-8-10(20)16-5-3-7-19-11(21)18-6-2-1-4-9(18)17-19/h1-8H2,(H,16,20). The summed E-state index contributed by atoms with van der Waals surface area (Å²) in [5.74, 6) is -0.539. The molecule has 0 atom stereocenters. The zero-order valence-electron chi connectivity index (χ0n) is 11.9. The minimum absolute atomic E-state index is 0.159. The monoisotopic (exact) mass is 338 g/mol. The molecule has 0 fully saturated rings. The Morgan fingerprint density at radius 3 is 2.82 bits per heavy atom. The fraction of sp³-hybridized carbons (Fsp3) is 0.750. The Hall–Kier alpha value is -1.45. The topological polar surface area (TPSA) is 68.9 Å². The molecule has 1 aromatic heterocycles. The van der Waals surface area contributed by atoms with Crippen LogP contribution in [0, 0.1) is 0 Å². The zero-order valence-corrected chi connectivity index (χ0v) is 12.7. The van der Waals surface area contributed by atoms with Crippen molar-refractivity contribution in [3.63, 3.8) is 0 Å². The number of aryl methyl sites for hydroxylation is 2. The molecule has 1 aromatic rings. The lowest BCUT2D eigenvalue weighted by Gasteiger charge is -2.09. The number of aromatic nitrogens is 3. The maximum atomic E-state index is 12.0. The van der Waals surface area contributed by atoms with Crippen molar-refractivity contribution in [1.82, 2.24) is 19.7 Å². The molecule has 10 heteroatoms. The number of alkyl halides is 3. The predicted octanol–water partition coefficient (Wildman–Crippen LogP) is 1.14. The zero-order chi connectivity index (χ0) is 16.2. The van der Waals surface area contributed by atoms with Crippen LogP contribution in [0.3, 0.4) is 0 Å². The number of thioether (sulfide) groups is 1. The molecule has 0 aromatic carbocycles. The van der Waals surface area contributed by atoms with Crippen molar-refractivity contribution in [2.45, 2.75) is 44.3 Å². The van der Waals surface area contributed by atoms with E-state index in [4.69, 9.17) is 0 Å². The van der Waals surface area contributed by atoms with Gasteiger partial charge in [0, 0.05) is 26.1 Å². The van der Waals surface area contributed by atoms with Crippen LogP contribution in [0.4, 0.5) is 13.2 Å². The van der Waals surface area contributed by atoms with Gasteiger partial charge >= 0.3 is 11.2 Å². The summed E-state index contributed by atoms with van der Waals surface area (Å²) in [6.45, 7) is 1.23. The Bertz CT molecular complexity index is 582. The summed E-state index contributed by atoms with van der Waals surface area (Å²) in [4.78, 5) is 23.2. The second-order valence-electron chi connectivity index (χ2n) is 4.97. The molecule has 2 heterocycles. The first-order valence-corrected chi connectivity index (χ1v) is 7.99. The van der Waals surface area contributed by atoms with Crippen LogP contribution in [-0.2, 0) is 24.3 Å². The molecule has 0 bridgehead atoms. The third-order valence-electron chi connectivity index (χ3n) is 3.27. The van der Waals surface area contributed by atoms with Crippen LogP contribution in [0.5, 0.6) is 0 Å². The lowest BCUT2D eigenvalue weighted by molar-refractivity contribution is -0.118. The Morgan fingerprint density at radius 1 is 1.36 bits per heavy atom. The van der Waals surface area contributed by atoms with E-state index in [1.165, 1.54) is 4.68 Å². The maximum absolute atomic E-state index is 12.0. The first kappa shape index (κ1) is 16.9. The van der Waals surface area contributed by atoms with Gasteiger partial charge in [-0.2, -0.15) is 18.3 Å². The lowest BCUT2D eigenvalue weighted by Crippen LogP contribution is -2.30. The number of carbonyl (C=O) groups is 1.